The molecule has 0 fully saturated rings. The molecule has 1 aromatic heterocycles. The van der Waals surface area contributed by atoms with E-state index in [2.05, 4.69) is 4.98 Å². The van der Waals surface area contributed by atoms with Crippen molar-refractivity contribution in [1.29, 1.82) is 0 Å². The Hall–Kier alpha value is -3.22. The van der Waals surface area contributed by atoms with Crippen LogP contribution in [0.15, 0.2) is 42.6 Å². The van der Waals surface area contributed by atoms with Crippen LogP contribution in [0.25, 0.3) is 12.2 Å². The number of rotatable bonds is 4. The normalized spacial score (nSPS) is 10.6. The van der Waals surface area contributed by atoms with Gasteiger partial charge in [0.05, 0.1) is 0 Å². The molecular weight excluding hydrogens is 286 g/mol. The molecule has 0 unspecified atom stereocenters. The van der Waals surface area contributed by atoms with Crippen molar-refractivity contribution in [3.8, 4) is 0 Å². The van der Waals surface area contributed by atoms with Gasteiger partial charge in [0, 0.05) is 24.4 Å². The van der Waals surface area contributed by atoms with Gasteiger partial charge in [-0.15, -0.1) is 0 Å². The van der Waals surface area contributed by atoms with Gasteiger partial charge in [-0.25, -0.2) is 4.79 Å². The number of benzene rings is 1. The Morgan fingerprint density at radius 2 is 1.77 bits per heavy atom. The van der Waals surface area contributed by atoms with Crippen molar-refractivity contribution in [2.75, 3.05) is 11.9 Å². The molecule has 7 heteroatoms. The van der Waals surface area contributed by atoms with Crippen LogP contribution in [-0.2, 0) is 0 Å². The number of amides is 1. The fraction of sp³-hybridized carbons (Fsp3) is 0.0667. The third kappa shape index (κ3) is 3.66. The lowest BCUT2D eigenvalue weighted by Crippen LogP contribution is -2.23. The van der Waals surface area contributed by atoms with E-state index in [9.17, 15) is 14.9 Å². The minimum atomic E-state index is -1.03. The number of hydrogen-bond acceptors (Lipinski definition) is 4. The number of anilines is 1. The first-order chi connectivity index (χ1) is 10.5. The van der Waals surface area contributed by atoms with Crippen LogP contribution in [-0.4, -0.2) is 28.2 Å². The zero-order valence-electron chi connectivity index (χ0n) is 11.7. The quantitative estimate of drug-likeness (QED) is 0.690. The molecule has 0 spiro atoms. The predicted molar refractivity (Wildman–Crippen MR) is 82.7 cm³/mol. The standard InChI is InChI=1S/C15H13N3O4/c1-17(15(19)20)13-7-4-11(5-8-13)2-3-12-6-9-14(16-10-12)18(21)22/h2-10H,1H3,(H,19,20)/b3-2+. The highest BCUT2D eigenvalue weighted by molar-refractivity contribution is 5.85. The van der Waals surface area contributed by atoms with Gasteiger partial charge in [-0.05, 0) is 33.7 Å². The summed E-state index contributed by atoms with van der Waals surface area (Å²) in [4.78, 5) is 25.6. The zero-order chi connectivity index (χ0) is 16.1. The van der Waals surface area contributed by atoms with E-state index < -0.39 is 11.0 Å². The topological polar surface area (TPSA) is 96.6 Å². The van der Waals surface area contributed by atoms with E-state index in [1.165, 1.54) is 19.3 Å². The molecule has 0 saturated carbocycles. The highest BCUT2D eigenvalue weighted by Crippen LogP contribution is 2.16. The molecule has 1 amide bonds. The van der Waals surface area contributed by atoms with Crippen molar-refractivity contribution in [2.45, 2.75) is 0 Å². The number of carbonyl (C=O) groups is 1. The number of pyridine rings is 1. The van der Waals surface area contributed by atoms with Gasteiger partial charge in [0.2, 0.25) is 0 Å². The maximum absolute atomic E-state index is 10.8. The van der Waals surface area contributed by atoms with Gasteiger partial charge in [-0.2, -0.15) is 0 Å². The van der Waals surface area contributed by atoms with Gasteiger partial charge in [-0.1, -0.05) is 24.3 Å². The van der Waals surface area contributed by atoms with Crippen LogP contribution in [0.3, 0.4) is 0 Å². The lowest BCUT2D eigenvalue weighted by atomic mass is 10.1. The van der Waals surface area contributed by atoms with Crippen molar-refractivity contribution in [3.63, 3.8) is 0 Å². The maximum Gasteiger partial charge on any atom is 0.411 e. The Balaban J connectivity index is 2.10. The number of nitrogens with zero attached hydrogens (tertiary/aromatic N) is 3. The summed E-state index contributed by atoms with van der Waals surface area (Å²) in [5.41, 5.74) is 2.18. The molecule has 2 aromatic rings. The van der Waals surface area contributed by atoms with Crippen LogP contribution >= 0.6 is 0 Å². The molecule has 1 heterocycles. The van der Waals surface area contributed by atoms with E-state index in [4.69, 9.17) is 5.11 Å². The van der Waals surface area contributed by atoms with Gasteiger partial charge in [0.1, 0.15) is 6.20 Å². The second kappa shape index (κ2) is 6.49. The van der Waals surface area contributed by atoms with Crippen LogP contribution in [0.1, 0.15) is 11.1 Å². The average Bonchev–Trinajstić information content (AvgIpc) is 2.53. The van der Waals surface area contributed by atoms with E-state index in [1.807, 2.05) is 6.08 Å². The molecule has 0 aliphatic heterocycles. The molecule has 112 valence electrons. The third-order valence-corrected chi connectivity index (χ3v) is 2.99. The Morgan fingerprint density at radius 3 is 2.27 bits per heavy atom. The van der Waals surface area contributed by atoms with Crippen LogP contribution < -0.4 is 4.90 Å². The predicted octanol–water partition coefficient (Wildman–Crippen LogP) is 3.27. The summed E-state index contributed by atoms with van der Waals surface area (Å²) in [6.07, 6.45) is 3.97. The van der Waals surface area contributed by atoms with Crippen molar-refractivity contribution in [3.05, 3.63) is 63.8 Å². The number of aromatic nitrogens is 1. The molecule has 0 bridgehead atoms. The molecule has 0 atom stereocenters. The molecule has 0 aliphatic rings. The monoisotopic (exact) mass is 299 g/mol. The fourth-order valence-corrected chi connectivity index (χ4v) is 1.72. The molecule has 1 aromatic carbocycles. The third-order valence-electron chi connectivity index (χ3n) is 2.99. The SMILES string of the molecule is CN(C(=O)O)c1ccc(/C=C/c2ccc([N+](=O)[O-])nc2)cc1. The summed E-state index contributed by atoms with van der Waals surface area (Å²) < 4.78 is 0. The van der Waals surface area contributed by atoms with E-state index in [0.717, 1.165) is 16.0 Å². The second-order valence-corrected chi connectivity index (χ2v) is 4.47. The Kier molecular flexibility index (Phi) is 4.47. The second-order valence-electron chi connectivity index (χ2n) is 4.47. The Morgan fingerprint density at radius 1 is 1.18 bits per heavy atom. The van der Waals surface area contributed by atoms with E-state index >= 15 is 0 Å². The van der Waals surface area contributed by atoms with Crippen LogP contribution in [0.2, 0.25) is 0 Å². The van der Waals surface area contributed by atoms with E-state index in [1.54, 1.807) is 36.4 Å². The fourth-order valence-electron chi connectivity index (χ4n) is 1.72. The van der Waals surface area contributed by atoms with Gasteiger partial charge in [0.25, 0.3) is 0 Å². The summed E-state index contributed by atoms with van der Waals surface area (Å²) in [5.74, 6) is -0.196. The molecule has 1 N–H and O–H groups in total. The van der Waals surface area contributed by atoms with Gasteiger partial charge >= 0.3 is 11.9 Å². The number of hydrogen-bond donors (Lipinski definition) is 1. The Labute approximate surface area is 126 Å². The molecule has 0 saturated heterocycles. The van der Waals surface area contributed by atoms with Crippen molar-refractivity contribution >= 4 is 29.8 Å². The first-order valence-corrected chi connectivity index (χ1v) is 6.32. The maximum atomic E-state index is 10.8. The molecule has 22 heavy (non-hydrogen) atoms. The van der Waals surface area contributed by atoms with Gasteiger partial charge in [0.15, 0.2) is 0 Å². The summed E-state index contributed by atoms with van der Waals surface area (Å²) in [6.45, 7) is 0. The van der Waals surface area contributed by atoms with Crippen molar-refractivity contribution < 1.29 is 14.8 Å². The summed E-state index contributed by atoms with van der Waals surface area (Å²) in [7, 11) is 1.47. The van der Waals surface area contributed by atoms with E-state index in [0.29, 0.717) is 5.69 Å². The largest absolute Gasteiger partial charge is 0.465 e. The van der Waals surface area contributed by atoms with Crippen LogP contribution in [0, 0.1) is 10.1 Å². The molecule has 0 aliphatic carbocycles. The van der Waals surface area contributed by atoms with Gasteiger partial charge < -0.3 is 15.2 Å². The molecular formula is C15H13N3O4. The summed E-state index contributed by atoms with van der Waals surface area (Å²) in [6, 6.07) is 9.90. The van der Waals surface area contributed by atoms with E-state index in [-0.39, 0.29) is 5.82 Å². The minimum absolute atomic E-state index is 0.196. The number of carboxylic acid groups (broad SMARTS) is 1. The first-order valence-electron chi connectivity index (χ1n) is 6.32. The first kappa shape index (κ1) is 15.2. The lowest BCUT2D eigenvalue weighted by molar-refractivity contribution is -0.389. The average molecular weight is 299 g/mol. The number of nitro groups is 1. The van der Waals surface area contributed by atoms with Crippen molar-refractivity contribution in [2.24, 2.45) is 0 Å². The zero-order valence-corrected chi connectivity index (χ0v) is 11.7. The Bertz CT molecular complexity index is 709. The molecule has 2 rings (SSSR count). The van der Waals surface area contributed by atoms with Crippen LogP contribution in [0.5, 0.6) is 0 Å². The molecule has 7 nitrogen and oxygen atoms in total. The minimum Gasteiger partial charge on any atom is -0.465 e. The lowest BCUT2D eigenvalue weighted by Gasteiger charge is -2.12. The smallest absolute Gasteiger partial charge is 0.411 e. The summed E-state index contributed by atoms with van der Waals surface area (Å²) in [5, 5.41) is 19.4. The summed E-state index contributed by atoms with van der Waals surface area (Å²) >= 11 is 0. The van der Waals surface area contributed by atoms with Crippen molar-refractivity contribution in [1.82, 2.24) is 4.98 Å². The van der Waals surface area contributed by atoms with Gasteiger partial charge in [-0.3, -0.25) is 4.90 Å². The molecule has 0 radical (unpaired) electrons. The highest BCUT2D eigenvalue weighted by atomic mass is 16.6. The van der Waals surface area contributed by atoms with Crippen LogP contribution in [0.4, 0.5) is 16.3 Å². The highest BCUT2D eigenvalue weighted by Gasteiger charge is 2.07.